The van der Waals surface area contributed by atoms with Crippen LogP contribution in [-0.2, 0) is 9.53 Å². The molecular formula is C17H15N3O3. The molecule has 2 N–H and O–H groups in total. The number of nitriles is 1. The number of esters is 1. The number of carbonyl (C=O) groups excluding carboxylic acids is 2. The molecule has 2 rings (SSSR count). The van der Waals surface area contributed by atoms with Gasteiger partial charge in [0.05, 0.1) is 30.5 Å². The molecule has 1 amide bonds. The quantitative estimate of drug-likeness (QED) is 0.828. The van der Waals surface area contributed by atoms with Crippen LogP contribution in [0.2, 0.25) is 0 Å². The number of amides is 1. The number of nitrogens with zero attached hydrogens (tertiary/aromatic N) is 1. The van der Waals surface area contributed by atoms with Crippen LogP contribution in [0.3, 0.4) is 0 Å². The van der Waals surface area contributed by atoms with E-state index in [0.29, 0.717) is 22.5 Å². The Hall–Kier alpha value is -3.33. The average molecular weight is 309 g/mol. The molecule has 0 aliphatic rings. The Morgan fingerprint density at radius 3 is 2.70 bits per heavy atom. The first-order chi connectivity index (χ1) is 11.1. The second kappa shape index (κ2) is 7.61. The standard InChI is InChI=1S/C17H15N3O3/c1-23-17(22)12-6-4-7-14(9-12)19-11-16(21)20-15-8-3-2-5-13(15)10-18/h2-9,19H,11H2,1H3,(H,20,21). The maximum absolute atomic E-state index is 12.0. The van der Waals surface area contributed by atoms with Crippen LogP contribution >= 0.6 is 0 Å². The van der Waals surface area contributed by atoms with Crippen molar-refractivity contribution >= 4 is 23.3 Å². The number of hydrogen-bond acceptors (Lipinski definition) is 5. The average Bonchev–Trinajstić information content (AvgIpc) is 2.60. The molecule has 2 aromatic carbocycles. The molecule has 0 aliphatic carbocycles. The zero-order chi connectivity index (χ0) is 16.7. The molecule has 0 aliphatic heterocycles. The molecule has 0 atom stereocenters. The third kappa shape index (κ3) is 4.32. The number of rotatable bonds is 5. The molecule has 2 aromatic rings. The van der Waals surface area contributed by atoms with E-state index in [1.165, 1.54) is 7.11 Å². The third-order valence-corrected chi connectivity index (χ3v) is 3.06. The van der Waals surface area contributed by atoms with E-state index >= 15 is 0 Å². The zero-order valence-electron chi connectivity index (χ0n) is 12.5. The second-order valence-corrected chi connectivity index (χ2v) is 4.63. The lowest BCUT2D eigenvalue weighted by Crippen LogP contribution is -2.22. The minimum Gasteiger partial charge on any atom is -0.465 e. The first-order valence-corrected chi connectivity index (χ1v) is 6.85. The minimum atomic E-state index is -0.443. The van der Waals surface area contributed by atoms with Crippen molar-refractivity contribution in [3.05, 3.63) is 59.7 Å². The first kappa shape index (κ1) is 16.0. The van der Waals surface area contributed by atoms with E-state index < -0.39 is 5.97 Å². The molecule has 0 radical (unpaired) electrons. The van der Waals surface area contributed by atoms with E-state index in [1.807, 2.05) is 6.07 Å². The van der Waals surface area contributed by atoms with Gasteiger partial charge in [0.15, 0.2) is 0 Å². The van der Waals surface area contributed by atoms with E-state index in [2.05, 4.69) is 15.4 Å². The summed E-state index contributed by atoms with van der Waals surface area (Å²) in [6, 6.07) is 15.4. The normalized spacial score (nSPS) is 9.57. The van der Waals surface area contributed by atoms with Gasteiger partial charge in [-0.2, -0.15) is 5.26 Å². The highest BCUT2D eigenvalue weighted by molar-refractivity contribution is 5.95. The molecule has 0 unspecified atom stereocenters. The highest BCUT2D eigenvalue weighted by atomic mass is 16.5. The van der Waals surface area contributed by atoms with Gasteiger partial charge in [-0.15, -0.1) is 0 Å². The lowest BCUT2D eigenvalue weighted by atomic mass is 10.2. The zero-order valence-corrected chi connectivity index (χ0v) is 12.5. The number of ether oxygens (including phenoxy) is 1. The highest BCUT2D eigenvalue weighted by Gasteiger charge is 2.08. The van der Waals surface area contributed by atoms with Gasteiger partial charge < -0.3 is 15.4 Å². The van der Waals surface area contributed by atoms with Gasteiger partial charge in [0.2, 0.25) is 5.91 Å². The van der Waals surface area contributed by atoms with Gasteiger partial charge in [0.25, 0.3) is 0 Å². The Morgan fingerprint density at radius 1 is 1.17 bits per heavy atom. The Morgan fingerprint density at radius 2 is 1.96 bits per heavy atom. The number of para-hydroxylation sites is 1. The summed E-state index contributed by atoms with van der Waals surface area (Å²) < 4.78 is 4.64. The van der Waals surface area contributed by atoms with Crippen molar-refractivity contribution in [3.8, 4) is 6.07 Å². The van der Waals surface area contributed by atoms with Crippen molar-refractivity contribution in [1.82, 2.24) is 0 Å². The van der Waals surface area contributed by atoms with Gasteiger partial charge in [-0.1, -0.05) is 18.2 Å². The van der Waals surface area contributed by atoms with Crippen LogP contribution in [0.25, 0.3) is 0 Å². The van der Waals surface area contributed by atoms with Crippen molar-refractivity contribution in [2.24, 2.45) is 0 Å². The van der Waals surface area contributed by atoms with Crippen molar-refractivity contribution in [3.63, 3.8) is 0 Å². The molecule has 0 saturated heterocycles. The molecule has 0 bridgehead atoms. The molecular weight excluding hydrogens is 294 g/mol. The van der Waals surface area contributed by atoms with E-state index in [4.69, 9.17) is 5.26 Å². The predicted molar refractivity (Wildman–Crippen MR) is 86.1 cm³/mol. The SMILES string of the molecule is COC(=O)c1cccc(NCC(=O)Nc2ccccc2C#N)c1. The van der Waals surface area contributed by atoms with Crippen molar-refractivity contribution in [2.45, 2.75) is 0 Å². The number of methoxy groups -OCH3 is 1. The van der Waals surface area contributed by atoms with E-state index in [1.54, 1.807) is 48.5 Å². The maximum atomic E-state index is 12.0. The number of benzene rings is 2. The van der Waals surface area contributed by atoms with Crippen molar-refractivity contribution < 1.29 is 14.3 Å². The largest absolute Gasteiger partial charge is 0.465 e. The Balaban J connectivity index is 1.97. The lowest BCUT2D eigenvalue weighted by molar-refractivity contribution is -0.114. The summed E-state index contributed by atoms with van der Waals surface area (Å²) >= 11 is 0. The summed E-state index contributed by atoms with van der Waals surface area (Å²) in [6.07, 6.45) is 0. The van der Waals surface area contributed by atoms with Crippen LogP contribution in [0, 0.1) is 11.3 Å². The van der Waals surface area contributed by atoms with Crippen molar-refractivity contribution in [1.29, 1.82) is 5.26 Å². The fourth-order valence-corrected chi connectivity index (χ4v) is 1.94. The van der Waals surface area contributed by atoms with Gasteiger partial charge in [-0.3, -0.25) is 4.79 Å². The van der Waals surface area contributed by atoms with E-state index in [0.717, 1.165) is 0 Å². The molecule has 0 heterocycles. The number of carbonyl (C=O) groups is 2. The smallest absolute Gasteiger partial charge is 0.337 e. The Bertz CT molecular complexity index is 766. The monoisotopic (exact) mass is 309 g/mol. The number of anilines is 2. The van der Waals surface area contributed by atoms with Crippen LogP contribution in [0.4, 0.5) is 11.4 Å². The van der Waals surface area contributed by atoms with E-state index in [-0.39, 0.29) is 12.5 Å². The summed E-state index contributed by atoms with van der Waals surface area (Å²) in [4.78, 5) is 23.4. The van der Waals surface area contributed by atoms with Crippen LogP contribution in [0.1, 0.15) is 15.9 Å². The minimum absolute atomic E-state index is 0.00435. The summed E-state index contributed by atoms with van der Waals surface area (Å²) in [5.41, 5.74) is 1.88. The number of nitrogens with one attached hydrogen (secondary N) is 2. The first-order valence-electron chi connectivity index (χ1n) is 6.85. The molecule has 6 heteroatoms. The third-order valence-electron chi connectivity index (χ3n) is 3.06. The van der Waals surface area contributed by atoms with Crippen LogP contribution in [0.5, 0.6) is 0 Å². The van der Waals surface area contributed by atoms with Crippen LogP contribution in [-0.4, -0.2) is 25.5 Å². The van der Waals surface area contributed by atoms with Crippen LogP contribution in [0.15, 0.2) is 48.5 Å². The van der Waals surface area contributed by atoms with Gasteiger partial charge in [0, 0.05) is 5.69 Å². The summed E-state index contributed by atoms with van der Waals surface area (Å²) in [5.74, 6) is -0.739. The fourth-order valence-electron chi connectivity index (χ4n) is 1.94. The fraction of sp³-hybridized carbons (Fsp3) is 0.118. The summed E-state index contributed by atoms with van der Waals surface area (Å²) in [7, 11) is 1.31. The Kier molecular flexibility index (Phi) is 5.31. The number of hydrogen-bond donors (Lipinski definition) is 2. The van der Waals surface area contributed by atoms with Gasteiger partial charge >= 0.3 is 5.97 Å². The summed E-state index contributed by atoms with van der Waals surface area (Å²) in [5, 5.41) is 14.6. The van der Waals surface area contributed by atoms with E-state index in [9.17, 15) is 9.59 Å². The molecule has 23 heavy (non-hydrogen) atoms. The molecule has 116 valence electrons. The predicted octanol–water partition coefficient (Wildman–Crippen LogP) is 2.40. The molecule has 0 spiro atoms. The highest BCUT2D eigenvalue weighted by Crippen LogP contribution is 2.14. The van der Waals surface area contributed by atoms with Crippen molar-refractivity contribution in [2.75, 3.05) is 24.3 Å². The second-order valence-electron chi connectivity index (χ2n) is 4.63. The van der Waals surface area contributed by atoms with Gasteiger partial charge in [0.1, 0.15) is 6.07 Å². The van der Waals surface area contributed by atoms with Gasteiger partial charge in [-0.25, -0.2) is 4.79 Å². The molecule has 0 aromatic heterocycles. The van der Waals surface area contributed by atoms with Gasteiger partial charge in [-0.05, 0) is 30.3 Å². The summed E-state index contributed by atoms with van der Waals surface area (Å²) in [6.45, 7) is 0.00435. The lowest BCUT2D eigenvalue weighted by Gasteiger charge is -2.09. The maximum Gasteiger partial charge on any atom is 0.337 e. The Labute approximate surface area is 133 Å². The molecule has 0 fully saturated rings. The topological polar surface area (TPSA) is 91.2 Å². The van der Waals surface area contributed by atoms with Crippen LogP contribution < -0.4 is 10.6 Å². The molecule has 6 nitrogen and oxygen atoms in total. The molecule has 0 saturated carbocycles.